The van der Waals surface area contributed by atoms with E-state index in [-0.39, 0.29) is 0 Å². The smallest absolute Gasteiger partial charge is 0.162 e. The van der Waals surface area contributed by atoms with Gasteiger partial charge in [-0.05, 0) is 47.2 Å². The van der Waals surface area contributed by atoms with Crippen molar-refractivity contribution in [3.05, 3.63) is 28.0 Å². The fraction of sp³-hybridized carbons (Fsp3) is 0.333. The second-order valence-electron chi connectivity index (χ2n) is 4.68. The Morgan fingerprint density at radius 3 is 2.86 bits per heavy atom. The van der Waals surface area contributed by atoms with Crippen molar-refractivity contribution < 1.29 is 9.47 Å². The Bertz CT molecular complexity index is 649. The minimum atomic E-state index is 0.577. The number of nitrogens with one attached hydrogen (secondary N) is 1. The van der Waals surface area contributed by atoms with E-state index in [9.17, 15) is 0 Å². The van der Waals surface area contributed by atoms with E-state index in [4.69, 9.17) is 9.47 Å². The van der Waals surface area contributed by atoms with Crippen molar-refractivity contribution in [3.63, 3.8) is 0 Å². The van der Waals surface area contributed by atoms with Crippen molar-refractivity contribution in [3.8, 4) is 22.9 Å². The van der Waals surface area contributed by atoms with Crippen LogP contribution in [0.2, 0.25) is 0 Å². The molecule has 0 radical (unpaired) electrons. The van der Waals surface area contributed by atoms with Crippen LogP contribution in [-0.4, -0.2) is 29.7 Å². The van der Waals surface area contributed by atoms with Crippen LogP contribution >= 0.6 is 22.6 Å². The first-order valence-electron chi connectivity index (χ1n) is 6.94. The van der Waals surface area contributed by atoms with E-state index >= 15 is 0 Å². The Kier molecular flexibility index (Phi) is 4.42. The third-order valence-corrected chi connectivity index (χ3v) is 3.88. The molecule has 2 heterocycles. The van der Waals surface area contributed by atoms with Gasteiger partial charge in [-0.1, -0.05) is 6.92 Å². The van der Waals surface area contributed by atoms with Crippen LogP contribution in [0.15, 0.2) is 24.4 Å². The molecule has 110 valence electrons. The number of aromatic nitrogens is 2. The van der Waals surface area contributed by atoms with Crippen LogP contribution in [0.25, 0.3) is 11.4 Å². The summed E-state index contributed by atoms with van der Waals surface area (Å²) in [5.74, 6) is 3.09. The maximum absolute atomic E-state index is 5.61. The Morgan fingerprint density at radius 1 is 1.24 bits per heavy atom. The normalized spacial score (nSPS) is 13.0. The lowest BCUT2D eigenvalue weighted by atomic mass is 10.2. The predicted molar refractivity (Wildman–Crippen MR) is 90.0 cm³/mol. The molecule has 0 saturated heterocycles. The summed E-state index contributed by atoms with van der Waals surface area (Å²) in [6.45, 7) is 4.20. The largest absolute Gasteiger partial charge is 0.486 e. The summed E-state index contributed by atoms with van der Waals surface area (Å²) >= 11 is 2.24. The molecular formula is C15H16IN3O2. The number of hydrogen-bond donors (Lipinski definition) is 1. The lowest BCUT2D eigenvalue weighted by Crippen LogP contribution is -2.15. The van der Waals surface area contributed by atoms with E-state index in [1.54, 1.807) is 0 Å². The van der Waals surface area contributed by atoms with Crippen molar-refractivity contribution in [1.82, 2.24) is 9.97 Å². The van der Waals surface area contributed by atoms with Gasteiger partial charge in [-0.15, -0.1) is 0 Å². The topological polar surface area (TPSA) is 56.3 Å². The van der Waals surface area contributed by atoms with Crippen molar-refractivity contribution in [2.24, 2.45) is 0 Å². The van der Waals surface area contributed by atoms with Crippen LogP contribution in [0.1, 0.15) is 13.3 Å². The van der Waals surface area contributed by atoms with Gasteiger partial charge in [-0.2, -0.15) is 0 Å². The standard InChI is InChI=1S/C15H16IN3O2/c1-2-5-17-15-11(16)9-18-14(19-15)10-3-4-12-13(8-10)21-7-6-20-12/h3-4,8-9H,2,5-7H2,1H3,(H,17,18,19). The SMILES string of the molecule is CCCNc1nc(-c2ccc3c(c2)OCCO3)ncc1I. The second kappa shape index (κ2) is 6.46. The first-order chi connectivity index (χ1) is 10.3. The summed E-state index contributed by atoms with van der Waals surface area (Å²) in [7, 11) is 0. The molecule has 6 heteroatoms. The van der Waals surface area contributed by atoms with Crippen LogP contribution in [0.3, 0.4) is 0 Å². The number of hydrogen-bond acceptors (Lipinski definition) is 5. The Morgan fingerprint density at radius 2 is 2.05 bits per heavy atom. The van der Waals surface area contributed by atoms with E-state index in [0.717, 1.165) is 39.4 Å². The average molecular weight is 397 g/mol. The first-order valence-corrected chi connectivity index (χ1v) is 8.02. The van der Waals surface area contributed by atoms with Gasteiger partial charge in [0, 0.05) is 18.3 Å². The number of nitrogens with zero attached hydrogens (tertiary/aromatic N) is 2. The maximum atomic E-state index is 5.61. The zero-order valence-corrected chi connectivity index (χ0v) is 13.9. The molecule has 0 amide bonds. The summed E-state index contributed by atoms with van der Waals surface area (Å²) in [5, 5.41) is 3.32. The van der Waals surface area contributed by atoms with E-state index in [1.807, 2.05) is 24.4 Å². The number of rotatable bonds is 4. The van der Waals surface area contributed by atoms with Crippen molar-refractivity contribution in [2.45, 2.75) is 13.3 Å². The van der Waals surface area contributed by atoms with E-state index in [1.165, 1.54) is 0 Å². The summed E-state index contributed by atoms with van der Waals surface area (Å²) in [4.78, 5) is 9.01. The van der Waals surface area contributed by atoms with Gasteiger partial charge in [0.25, 0.3) is 0 Å². The number of benzene rings is 1. The molecule has 1 N–H and O–H groups in total. The van der Waals surface area contributed by atoms with Gasteiger partial charge in [-0.25, -0.2) is 9.97 Å². The first kappa shape index (κ1) is 14.4. The van der Waals surface area contributed by atoms with Crippen LogP contribution in [0, 0.1) is 3.57 Å². The summed E-state index contributed by atoms with van der Waals surface area (Å²) in [6, 6.07) is 5.80. The van der Waals surface area contributed by atoms with Gasteiger partial charge in [0.15, 0.2) is 17.3 Å². The zero-order chi connectivity index (χ0) is 14.7. The highest BCUT2D eigenvalue weighted by atomic mass is 127. The predicted octanol–water partition coefficient (Wildman–Crippen LogP) is 3.34. The molecule has 0 aliphatic carbocycles. The minimum absolute atomic E-state index is 0.577. The fourth-order valence-electron chi connectivity index (χ4n) is 2.06. The third kappa shape index (κ3) is 3.20. The van der Waals surface area contributed by atoms with Crippen LogP contribution in [0.5, 0.6) is 11.5 Å². The number of ether oxygens (including phenoxy) is 2. The Balaban J connectivity index is 1.92. The number of fused-ring (bicyclic) bond motifs is 1. The van der Waals surface area contributed by atoms with Gasteiger partial charge in [-0.3, -0.25) is 0 Å². The molecule has 5 nitrogen and oxygen atoms in total. The summed E-state index contributed by atoms with van der Waals surface area (Å²) in [5.41, 5.74) is 0.926. The molecule has 3 rings (SSSR count). The Hall–Kier alpha value is -1.57. The van der Waals surface area contributed by atoms with Crippen molar-refractivity contribution in [2.75, 3.05) is 25.1 Å². The quantitative estimate of drug-likeness (QED) is 0.803. The lowest BCUT2D eigenvalue weighted by molar-refractivity contribution is 0.171. The highest BCUT2D eigenvalue weighted by Crippen LogP contribution is 2.33. The average Bonchev–Trinajstić information content (AvgIpc) is 2.53. The van der Waals surface area contributed by atoms with Crippen molar-refractivity contribution >= 4 is 28.4 Å². The van der Waals surface area contributed by atoms with Gasteiger partial charge >= 0.3 is 0 Å². The van der Waals surface area contributed by atoms with E-state index in [0.29, 0.717) is 19.0 Å². The highest BCUT2D eigenvalue weighted by molar-refractivity contribution is 14.1. The molecule has 21 heavy (non-hydrogen) atoms. The molecule has 0 fully saturated rings. The maximum Gasteiger partial charge on any atom is 0.162 e. The number of anilines is 1. The second-order valence-corrected chi connectivity index (χ2v) is 5.84. The van der Waals surface area contributed by atoms with Crippen LogP contribution < -0.4 is 14.8 Å². The summed E-state index contributed by atoms with van der Waals surface area (Å²) < 4.78 is 12.2. The van der Waals surface area contributed by atoms with E-state index in [2.05, 4.69) is 44.8 Å². The fourth-order valence-corrected chi connectivity index (χ4v) is 2.51. The van der Waals surface area contributed by atoms with E-state index < -0.39 is 0 Å². The molecule has 0 unspecified atom stereocenters. The molecule has 0 bridgehead atoms. The van der Waals surface area contributed by atoms with Gasteiger partial charge in [0.1, 0.15) is 19.0 Å². The molecule has 2 aromatic rings. The van der Waals surface area contributed by atoms with Gasteiger partial charge in [0.2, 0.25) is 0 Å². The molecule has 0 saturated carbocycles. The third-order valence-electron chi connectivity index (χ3n) is 3.09. The molecule has 1 aliphatic rings. The molecule has 0 atom stereocenters. The molecule has 1 aromatic heterocycles. The molecule has 1 aromatic carbocycles. The van der Waals surface area contributed by atoms with Crippen molar-refractivity contribution in [1.29, 1.82) is 0 Å². The van der Waals surface area contributed by atoms with Gasteiger partial charge in [0.05, 0.1) is 3.57 Å². The minimum Gasteiger partial charge on any atom is -0.486 e. The lowest BCUT2D eigenvalue weighted by Gasteiger charge is -2.18. The molecule has 0 spiro atoms. The molecular weight excluding hydrogens is 381 g/mol. The van der Waals surface area contributed by atoms with Gasteiger partial charge < -0.3 is 14.8 Å². The summed E-state index contributed by atoms with van der Waals surface area (Å²) in [6.07, 6.45) is 2.89. The number of halogens is 1. The van der Waals surface area contributed by atoms with Crippen LogP contribution in [-0.2, 0) is 0 Å². The van der Waals surface area contributed by atoms with Crippen LogP contribution in [0.4, 0.5) is 5.82 Å². The monoisotopic (exact) mass is 397 g/mol. The zero-order valence-electron chi connectivity index (χ0n) is 11.7. The molecule has 1 aliphatic heterocycles. The Labute approximate surface area is 137 Å². The highest BCUT2D eigenvalue weighted by Gasteiger charge is 2.14.